The van der Waals surface area contributed by atoms with Crippen molar-refractivity contribution in [2.75, 3.05) is 0 Å². The molecule has 5 nitrogen and oxygen atoms in total. The first-order valence-electron chi connectivity index (χ1n) is 6.15. The molecule has 21 heavy (non-hydrogen) atoms. The first-order chi connectivity index (χ1) is 9.95. The van der Waals surface area contributed by atoms with Gasteiger partial charge in [-0.15, -0.1) is 10.2 Å². The van der Waals surface area contributed by atoms with Gasteiger partial charge in [0.2, 0.25) is 0 Å². The van der Waals surface area contributed by atoms with Crippen LogP contribution in [0.3, 0.4) is 0 Å². The van der Waals surface area contributed by atoms with Crippen LogP contribution in [0.25, 0.3) is 6.08 Å². The molecule has 110 valence electrons. The summed E-state index contributed by atoms with van der Waals surface area (Å²) in [6, 6.07) is 4.47. The average molecular weight is 307 g/mol. The minimum atomic E-state index is -1.07. The first kappa shape index (κ1) is 15.2. The molecule has 0 aliphatic heterocycles. The van der Waals surface area contributed by atoms with E-state index in [1.807, 2.05) is 18.5 Å². The summed E-state index contributed by atoms with van der Waals surface area (Å²) in [5.41, 5.74) is 1.27. The summed E-state index contributed by atoms with van der Waals surface area (Å²) >= 11 is 1.45. The molecule has 2 aromatic rings. The summed E-state index contributed by atoms with van der Waals surface area (Å²) in [6.45, 7) is 1.86. The van der Waals surface area contributed by atoms with Crippen molar-refractivity contribution in [1.29, 1.82) is 0 Å². The zero-order chi connectivity index (χ0) is 15.4. The lowest BCUT2D eigenvalue weighted by atomic mass is 10.1. The molecule has 0 amide bonds. The van der Waals surface area contributed by atoms with Crippen LogP contribution in [-0.4, -0.2) is 25.8 Å². The van der Waals surface area contributed by atoms with Crippen LogP contribution in [0.2, 0.25) is 0 Å². The zero-order valence-corrected chi connectivity index (χ0v) is 12.4. The van der Waals surface area contributed by atoms with E-state index in [1.165, 1.54) is 30.0 Å². The maximum atomic E-state index is 13.5. The Hall–Kier alpha value is -2.15. The molecule has 0 atom stereocenters. The van der Waals surface area contributed by atoms with E-state index in [9.17, 15) is 9.18 Å². The molecule has 0 saturated heterocycles. The number of carboxylic acid groups (broad SMARTS) is 1. The molecule has 1 N–H and O–H groups in total. The van der Waals surface area contributed by atoms with E-state index in [0.29, 0.717) is 11.3 Å². The fourth-order valence-electron chi connectivity index (χ4n) is 1.68. The highest BCUT2D eigenvalue weighted by Gasteiger charge is 2.07. The van der Waals surface area contributed by atoms with E-state index in [1.54, 1.807) is 6.07 Å². The van der Waals surface area contributed by atoms with Gasteiger partial charge in [-0.25, -0.2) is 9.18 Å². The van der Waals surface area contributed by atoms with Crippen LogP contribution in [0.1, 0.15) is 17.0 Å². The van der Waals surface area contributed by atoms with E-state index in [-0.39, 0.29) is 0 Å². The van der Waals surface area contributed by atoms with Gasteiger partial charge in [0, 0.05) is 18.9 Å². The van der Waals surface area contributed by atoms with Crippen LogP contribution in [0.15, 0.2) is 29.4 Å². The molecular formula is C14H14FN3O2S. The van der Waals surface area contributed by atoms with Crippen molar-refractivity contribution in [1.82, 2.24) is 14.8 Å². The Morgan fingerprint density at radius 3 is 2.81 bits per heavy atom. The van der Waals surface area contributed by atoms with Crippen molar-refractivity contribution in [3.05, 3.63) is 47.0 Å². The van der Waals surface area contributed by atoms with Gasteiger partial charge in [-0.05, 0) is 36.3 Å². The second kappa shape index (κ2) is 6.53. The molecule has 0 saturated carbocycles. The van der Waals surface area contributed by atoms with Gasteiger partial charge in [0.15, 0.2) is 5.16 Å². The average Bonchev–Trinajstić information content (AvgIpc) is 2.74. The Labute approximate surface area is 125 Å². The van der Waals surface area contributed by atoms with E-state index in [2.05, 4.69) is 10.2 Å². The molecule has 0 radical (unpaired) electrons. The summed E-state index contributed by atoms with van der Waals surface area (Å²) in [5, 5.41) is 17.3. The van der Waals surface area contributed by atoms with E-state index in [0.717, 1.165) is 22.6 Å². The van der Waals surface area contributed by atoms with Crippen molar-refractivity contribution in [3.63, 3.8) is 0 Å². The van der Waals surface area contributed by atoms with Crippen LogP contribution in [-0.2, 0) is 17.6 Å². The molecule has 7 heteroatoms. The molecule has 1 heterocycles. The predicted molar refractivity (Wildman–Crippen MR) is 78.4 cm³/mol. The molecular weight excluding hydrogens is 293 g/mol. The Bertz CT molecular complexity index is 698. The van der Waals surface area contributed by atoms with Gasteiger partial charge < -0.3 is 9.67 Å². The number of aromatic nitrogens is 3. The van der Waals surface area contributed by atoms with Gasteiger partial charge in [0.1, 0.15) is 11.6 Å². The fourth-order valence-corrected chi connectivity index (χ4v) is 2.57. The number of carbonyl (C=O) groups is 1. The lowest BCUT2D eigenvalue weighted by Gasteiger charge is -2.04. The first-order valence-corrected chi connectivity index (χ1v) is 7.13. The third kappa shape index (κ3) is 4.16. The van der Waals surface area contributed by atoms with Crippen molar-refractivity contribution in [3.8, 4) is 0 Å². The van der Waals surface area contributed by atoms with Gasteiger partial charge in [-0.2, -0.15) is 0 Å². The lowest BCUT2D eigenvalue weighted by molar-refractivity contribution is -0.131. The zero-order valence-electron chi connectivity index (χ0n) is 11.6. The largest absolute Gasteiger partial charge is 0.478 e. The third-order valence-electron chi connectivity index (χ3n) is 2.82. The summed E-state index contributed by atoms with van der Waals surface area (Å²) < 4.78 is 15.4. The number of halogens is 1. The van der Waals surface area contributed by atoms with Crippen LogP contribution < -0.4 is 0 Å². The van der Waals surface area contributed by atoms with Gasteiger partial charge in [-0.3, -0.25) is 0 Å². The number of hydrogen-bond donors (Lipinski definition) is 1. The molecule has 0 unspecified atom stereocenters. The predicted octanol–water partition coefficient (Wildman–Crippen LogP) is 2.65. The summed E-state index contributed by atoms with van der Waals surface area (Å²) in [6.07, 6.45) is 2.35. The van der Waals surface area contributed by atoms with Crippen LogP contribution >= 0.6 is 11.8 Å². The third-order valence-corrected chi connectivity index (χ3v) is 3.91. The van der Waals surface area contributed by atoms with Crippen LogP contribution in [0, 0.1) is 12.7 Å². The van der Waals surface area contributed by atoms with Gasteiger partial charge in [-0.1, -0.05) is 17.8 Å². The Morgan fingerprint density at radius 2 is 2.19 bits per heavy atom. The lowest BCUT2D eigenvalue weighted by Crippen LogP contribution is -1.94. The maximum absolute atomic E-state index is 13.5. The smallest absolute Gasteiger partial charge is 0.328 e. The molecule has 0 spiro atoms. The number of hydrogen-bond acceptors (Lipinski definition) is 4. The van der Waals surface area contributed by atoms with E-state index in [4.69, 9.17) is 5.11 Å². The molecule has 0 fully saturated rings. The molecule has 1 aromatic heterocycles. The van der Waals surface area contributed by atoms with Crippen molar-refractivity contribution < 1.29 is 14.3 Å². The number of aliphatic carboxylic acids is 1. The van der Waals surface area contributed by atoms with Gasteiger partial charge in [0.25, 0.3) is 0 Å². The number of carboxylic acids is 1. The Balaban J connectivity index is 2.13. The summed E-state index contributed by atoms with van der Waals surface area (Å²) in [5.74, 6) is -0.128. The molecule has 0 aliphatic rings. The standard InChI is InChI=1S/C14H14FN3O2S/c1-9-16-17-14(18(9)2)21-8-11-5-10(3-4-13(19)20)6-12(15)7-11/h3-7H,8H2,1-2H3,(H,19,20). The second-order valence-corrected chi connectivity index (χ2v) is 5.38. The minimum Gasteiger partial charge on any atom is -0.478 e. The van der Waals surface area contributed by atoms with Crippen molar-refractivity contribution >= 4 is 23.8 Å². The molecule has 0 bridgehead atoms. The van der Waals surface area contributed by atoms with Crippen molar-refractivity contribution in [2.45, 2.75) is 17.8 Å². The highest BCUT2D eigenvalue weighted by molar-refractivity contribution is 7.98. The van der Waals surface area contributed by atoms with E-state index < -0.39 is 11.8 Å². The van der Waals surface area contributed by atoms with Crippen LogP contribution in [0.5, 0.6) is 0 Å². The second-order valence-electron chi connectivity index (χ2n) is 4.44. The normalized spacial score (nSPS) is 11.2. The number of aryl methyl sites for hydroxylation is 1. The number of nitrogens with zero attached hydrogens (tertiary/aromatic N) is 3. The van der Waals surface area contributed by atoms with Crippen molar-refractivity contribution in [2.24, 2.45) is 7.05 Å². The van der Waals surface area contributed by atoms with E-state index >= 15 is 0 Å². The quantitative estimate of drug-likeness (QED) is 0.679. The minimum absolute atomic E-state index is 0.396. The summed E-state index contributed by atoms with van der Waals surface area (Å²) in [7, 11) is 1.87. The van der Waals surface area contributed by atoms with Gasteiger partial charge in [0.05, 0.1) is 0 Å². The monoisotopic (exact) mass is 307 g/mol. The maximum Gasteiger partial charge on any atom is 0.328 e. The molecule has 1 aromatic carbocycles. The highest BCUT2D eigenvalue weighted by Crippen LogP contribution is 2.22. The highest BCUT2D eigenvalue weighted by atomic mass is 32.2. The number of rotatable bonds is 5. The number of thioether (sulfide) groups is 1. The molecule has 0 aliphatic carbocycles. The summed E-state index contributed by atoms with van der Waals surface area (Å²) in [4.78, 5) is 10.5. The Kier molecular flexibility index (Phi) is 4.74. The Morgan fingerprint density at radius 1 is 1.43 bits per heavy atom. The molecule has 2 rings (SSSR count). The number of benzene rings is 1. The SMILES string of the molecule is Cc1nnc(SCc2cc(F)cc(C=CC(=O)O)c2)n1C. The van der Waals surface area contributed by atoms with Crippen LogP contribution in [0.4, 0.5) is 4.39 Å². The van der Waals surface area contributed by atoms with Gasteiger partial charge >= 0.3 is 5.97 Å². The fraction of sp³-hybridized carbons (Fsp3) is 0.214. The topological polar surface area (TPSA) is 68.0 Å².